The number of nitrogens with one attached hydrogen (secondary N) is 1. The molecule has 0 saturated heterocycles. The Kier molecular flexibility index (Phi) is 6.33. The number of aromatic nitrogens is 1. The summed E-state index contributed by atoms with van der Waals surface area (Å²) in [5.74, 6) is 1.88. The van der Waals surface area contributed by atoms with Crippen molar-refractivity contribution in [1.29, 1.82) is 0 Å². The summed E-state index contributed by atoms with van der Waals surface area (Å²) < 4.78 is 10.8. The molecule has 0 bridgehead atoms. The maximum absolute atomic E-state index is 12.4. The molecule has 25 heavy (non-hydrogen) atoms. The van der Waals surface area contributed by atoms with Crippen molar-refractivity contribution in [2.24, 2.45) is 0 Å². The summed E-state index contributed by atoms with van der Waals surface area (Å²) in [5.41, 5.74) is 0. The van der Waals surface area contributed by atoms with E-state index in [9.17, 15) is 9.59 Å². The second-order valence-electron chi connectivity index (χ2n) is 5.25. The van der Waals surface area contributed by atoms with Gasteiger partial charge in [0.2, 0.25) is 18.2 Å². The van der Waals surface area contributed by atoms with Gasteiger partial charge in [0, 0.05) is 13.1 Å². The van der Waals surface area contributed by atoms with Crippen LogP contribution < -0.4 is 19.7 Å². The molecule has 0 aliphatic carbocycles. The van der Waals surface area contributed by atoms with Crippen molar-refractivity contribution >= 4 is 18.1 Å². The zero-order valence-corrected chi connectivity index (χ0v) is 14.4. The third kappa shape index (κ3) is 4.69. The Morgan fingerprint density at radius 2 is 1.92 bits per heavy atom. The molecule has 0 unspecified atom stereocenters. The Balaban J connectivity index is 2.13. The van der Waals surface area contributed by atoms with Gasteiger partial charge in [0.05, 0.1) is 7.11 Å². The molecule has 2 rings (SSSR count). The topological polar surface area (TPSA) is 80.8 Å². The van der Waals surface area contributed by atoms with Gasteiger partial charge < -0.3 is 14.8 Å². The van der Waals surface area contributed by atoms with Gasteiger partial charge >= 0.3 is 0 Å². The van der Waals surface area contributed by atoms with Crippen molar-refractivity contribution in [1.82, 2.24) is 10.3 Å². The molecule has 1 aromatic heterocycles. The minimum atomic E-state index is -0.588. The predicted molar refractivity (Wildman–Crippen MR) is 94.0 cm³/mol. The van der Waals surface area contributed by atoms with Crippen molar-refractivity contribution in [3.8, 4) is 17.4 Å². The fourth-order valence-corrected chi connectivity index (χ4v) is 2.20. The minimum Gasteiger partial charge on any atom is -0.497 e. The minimum absolute atomic E-state index is 0.247. The molecule has 0 fully saturated rings. The molecule has 2 aromatic rings. The zero-order chi connectivity index (χ0) is 18.2. The average Bonchev–Trinajstić information content (AvgIpc) is 2.65. The fraction of sp³-hybridized carbons (Fsp3) is 0.278. The number of rotatable bonds is 8. The van der Waals surface area contributed by atoms with E-state index in [0.29, 0.717) is 30.3 Å². The van der Waals surface area contributed by atoms with Gasteiger partial charge in [-0.2, -0.15) is 4.98 Å². The summed E-state index contributed by atoms with van der Waals surface area (Å²) in [7, 11) is 3.20. The monoisotopic (exact) mass is 343 g/mol. The van der Waals surface area contributed by atoms with Crippen molar-refractivity contribution in [2.45, 2.75) is 19.4 Å². The number of pyridine rings is 1. The van der Waals surface area contributed by atoms with Crippen LogP contribution in [0.1, 0.15) is 13.3 Å². The SMILES string of the molecule is CC[C@@H](NC=O)C(=O)N(C)c1cccc(Oc2ccc(OC)cc2)n1. The third-order valence-electron chi connectivity index (χ3n) is 3.64. The van der Waals surface area contributed by atoms with Crippen LogP contribution in [0, 0.1) is 0 Å². The van der Waals surface area contributed by atoms with Gasteiger partial charge in [-0.15, -0.1) is 0 Å². The second kappa shape index (κ2) is 8.68. The van der Waals surface area contributed by atoms with E-state index in [2.05, 4.69) is 10.3 Å². The first-order chi connectivity index (χ1) is 12.1. The van der Waals surface area contributed by atoms with Gasteiger partial charge in [0.1, 0.15) is 23.4 Å². The molecular weight excluding hydrogens is 322 g/mol. The quantitative estimate of drug-likeness (QED) is 0.744. The van der Waals surface area contributed by atoms with Gasteiger partial charge in [-0.3, -0.25) is 14.5 Å². The molecular formula is C18H21N3O4. The molecule has 7 nitrogen and oxygen atoms in total. The first-order valence-electron chi connectivity index (χ1n) is 7.85. The van der Waals surface area contributed by atoms with E-state index in [1.54, 1.807) is 56.6 Å². The smallest absolute Gasteiger partial charge is 0.250 e. The molecule has 0 spiro atoms. The standard InChI is InChI=1S/C18H21N3O4/c1-4-15(19-12-22)18(23)21(2)16-6-5-7-17(20-16)25-14-10-8-13(24-3)9-11-14/h5-12,15H,4H2,1-3H3,(H,19,22)/t15-/m1/s1. The number of nitrogens with zero attached hydrogens (tertiary/aromatic N) is 2. The van der Waals surface area contributed by atoms with E-state index in [0.717, 1.165) is 5.75 Å². The molecule has 1 heterocycles. The highest BCUT2D eigenvalue weighted by molar-refractivity contribution is 5.96. The van der Waals surface area contributed by atoms with Gasteiger partial charge in [0.15, 0.2) is 0 Å². The van der Waals surface area contributed by atoms with E-state index in [4.69, 9.17) is 9.47 Å². The van der Waals surface area contributed by atoms with Crippen molar-refractivity contribution in [3.63, 3.8) is 0 Å². The van der Waals surface area contributed by atoms with Gasteiger partial charge in [-0.1, -0.05) is 13.0 Å². The zero-order valence-electron chi connectivity index (χ0n) is 14.4. The van der Waals surface area contributed by atoms with E-state index in [-0.39, 0.29) is 5.91 Å². The summed E-state index contributed by atoms with van der Waals surface area (Å²) in [6.45, 7) is 1.82. The van der Waals surface area contributed by atoms with Crippen LogP contribution in [-0.4, -0.2) is 37.5 Å². The van der Waals surface area contributed by atoms with Crippen LogP contribution >= 0.6 is 0 Å². The first kappa shape index (κ1) is 18.3. The van der Waals surface area contributed by atoms with Crippen LogP contribution in [0.3, 0.4) is 0 Å². The van der Waals surface area contributed by atoms with Crippen LogP contribution in [0.25, 0.3) is 0 Å². The molecule has 132 valence electrons. The molecule has 0 aliphatic heterocycles. The summed E-state index contributed by atoms with van der Waals surface area (Å²) in [6, 6.07) is 11.7. The number of carbonyl (C=O) groups excluding carboxylic acids is 2. The average molecular weight is 343 g/mol. The number of methoxy groups -OCH3 is 1. The Labute approximate surface area is 146 Å². The normalized spacial score (nSPS) is 11.3. The number of carbonyl (C=O) groups is 2. The van der Waals surface area contributed by atoms with Gasteiger partial charge in [0.25, 0.3) is 0 Å². The predicted octanol–water partition coefficient (Wildman–Crippen LogP) is 2.37. The number of likely N-dealkylation sites (N-methyl/N-ethyl adjacent to an activating group) is 1. The molecule has 1 N–H and O–H groups in total. The Morgan fingerprint density at radius 1 is 1.24 bits per heavy atom. The van der Waals surface area contributed by atoms with E-state index in [1.807, 2.05) is 6.92 Å². The van der Waals surface area contributed by atoms with E-state index < -0.39 is 6.04 Å². The molecule has 0 saturated carbocycles. The number of hydrogen-bond acceptors (Lipinski definition) is 5. The lowest BCUT2D eigenvalue weighted by atomic mass is 10.2. The number of anilines is 1. The largest absolute Gasteiger partial charge is 0.497 e. The summed E-state index contributed by atoms with van der Waals surface area (Å²) in [5, 5.41) is 2.51. The van der Waals surface area contributed by atoms with Gasteiger partial charge in [-0.25, -0.2) is 0 Å². The number of hydrogen-bond donors (Lipinski definition) is 1. The highest BCUT2D eigenvalue weighted by Crippen LogP contribution is 2.24. The lowest BCUT2D eigenvalue weighted by molar-refractivity contribution is -0.123. The van der Waals surface area contributed by atoms with Crippen LogP contribution in [0.5, 0.6) is 17.4 Å². The Hall–Kier alpha value is -3.09. The van der Waals surface area contributed by atoms with Crippen LogP contribution in [-0.2, 0) is 9.59 Å². The van der Waals surface area contributed by atoms with E-state index in [1.165, 1.54) is 4.90 Å². The molecule has 0 aliphatic rings. The van der Waals surface area contributed by atoms with Crippen LogP contribution in [0.15, 0.2) is 42.5 Å². The molecule has 2 amide bonds. The fourth-order valence-electron chi connectivity index (χ4n) is 2.20. The van der Waals surface area contributed by atoms with E-state index >= 15 is 0 Å². The number of ether oxygens (including phenoxy) is 2. The molecule has 0 radical (unpaired) electrons. The first-order valence-corrected chi connectivity index (χ1v) is 7.85. The Bertz CT molecular complexity index is 719. The second-order valence-corrected chi connectivity index (χ2v) is 5.25. The van der Waals surface area contributed by atoms with Crippen molar-refractivity contribution in [3.05, 3.63) is 42.5 Å². The summed E-state index contributed by atoms with van der Waals surface area (Å²) in [4.78, 5) is 28.8. The van der Waals surface area contributed by atoms with Gasteiger partial charge in [-0.05, 0) is 36.8 Å². The van der Waals surface area contributed by atoms with Crippen molar-refractivity contribution in [2.75, 3.05) is 19.1 Å². The highest BCUT2D eigenvalue weighted by Gasteiger charge is 2.21. The maximum Gasteiger partial charge on any atom is 0.250 e. The lowest BCUT2D eigenvalue weighted by Gasteiger charge is -2.22. The van der Waals surface area contributed by atoms with Crippen molar-refractivity contribution < 1.29 is 19.1 Å². The number of amides is 2. The molecule has 1 aromatic carbocycles. The summed E-state index contributed by atoms with van der Waals surface area (Å²) >= 11 is 0. The highest BCUT2D eigenvalue weighted by atomic mass is 16.5. The molecule has 7 heteroatoms. The van der Waals surface area contributed by atoms with Crippen LogP contribution in [0.4, 0.5) is 5.82 Å². The lowest BCUT2D eigenvalue weighted by Crippen LogP contribution is -2.44. The third-order valence-corrected chi connectivity index (χ3v) is 3.64. The number of benzene rings is 1. The maximum atomic E-state index is 12.4. The summed E-state index contributed by atoms with van der Waals surface area (Å²) in [6.07, 6.45) is 1.01. The Morgan fingerprint density at radius 3 is 2.52 bits per heavy atom. The molecule has 1 atom stereocenters. The van der Waals surface area contributed by atoms with Crippen LogP contribution in [0.2, 0.25) is 0 Å².